The topological polar surface area (TPSA) is 69.7 Å². The third-order valence-corrected chi connectivity index (χ3v) is 4.78. The molecule has 0 unspecified atom stereocenters. The van der Waals surface area contributed by atoms with Crippen LogP contribution in [0, 0.1) is 0 Å². The summed E-state index contributed by atoms with van der Waals surface area (Å²) in [6.07, 6.45) is 0.790. The lowest BCUT2D eigenvalue weighted by atomic mass is 10.0. The van der Waals surface area contributed by atoms with Crippen LogP contribution in [0.5, 0.6) is 11.5 Å². The van der Waals surface area contributed by atoms with Crippen molar-refractivity contribution in [3.8, 4) is 22.8 Å². The first kappa shape index (κ1) is 16.0. The number of hydrogen-bond acceptors (Lipinski definition) is 5. The highest BCUT2D eigenvalue weighted by Gasteiger charge is 2.26. The van der Waals surface area contributed by atoms with E-state index in [-0.39, 0.29) is 16.5 Å². The Labute approximate surface area is 150 Å². The molecule has 4 rings (SSSR count). The van der Waals surface area contributed by atoms with Gasteiger partial charge in [0.25, 0.3) is 0 Å². The fourth-order valence-electron chi connectivity index (χ4n) is 3.19. The van der Waals surface area contributed by atoms with Crippen molar-refractivity contribution in [2.75, 3.05) is 6.54 Å². The van der Waals surface area contributed by atoms with E-state index < -0.39 is 0 Å². The van der Waals surface area contributed by atoms with Gasteiger partial charge in [-0.2, -0.15) is 0 Å². The van der Waals surface area contributed by atoms with E-state index in [0.717, 1.165) is 30.8 Å². The van der Waals surface area contributed by atoms with Crippen LogP contribution in [0.25, 0.3) is 11.3 Å². The molecular formula is C19H17ClN2O3. The predicted octanol–water partition coefficient (Wildman–Crippen LogP) is 3.96. The van der Waals surface area contributed by atoms with Crippen molar-refractivity contribution in [1.82, 2.24) is 10.1 Å². The third-order valence-electron chi connectivity index (χ3n) is 4.47. The zero-order chi connectivity index (χ0) is 17.4. The van der Waals surface area contributed by atoms with Crippen molar-refractivity contribution < 1.29 is 14.7 Å². The minimum absolute atomic E-state index is 0.0824. The van der Waals surface area contributed by atoms with Gasteiger partial charge in [0, 0.05) is 37.7 Å². The van der Waals surface area contributed by atoms with Crippen molar-refractivity contribution in [3.63, 3.8) is 0 Å². The first-order chi connectivity index (χ1) is 12.1. The minimum atomic E-state index is -0.165. The lowest BCUT2D eigenvalue weighted by Gasteiger charge is -2.26. The number of rotatable bonds is 3. The van der Waals surface area contributed by atoms with Crippen molar-refractivity contribution in [3.05, 3.63) is 64.3 Å². The first-order valence-electron chi connectivity index (χ1n) is 8.07. The number of nitrogens with zero attached hydrogens (tertiary/aromatic N) is 2. The van der Waals surface area contributed by atoms with E-state index in [1.54, 1.807) is 0 Å². The molecule has 0 spiro atoms. The molecule has 6 heteroatoms. The van der Waals surface area contributed by atoms with E-state index >= 15 is 0 Å². The normalized spacial score (nSPS) is 14.4. The standard InChI is InChI=1S/C19H17ClN2O3/c20-15-8-13(17(23)9-18(15)24)19-14-11-22(7-6-16(14)21-25-19)10-12-4-2-1-3-5-12/h1-5,8-9,23-24H,6-7,10-11H2. The Kier molecular flexibility index (Phi) is 4.11. The average Bonchev–Trinajstić information content (AvgIpc) is 3.02. The fourth-order valence-corrected chi connectivity index (χ4v) is 3.35. The molecule has 0 bridgehead atoms. The highest BCUT2D eigenvalue weighted by Crippen LogP contribution is 2.40. The summed E-state index contributed by atoms with van der Waals surface area (Å²) in [6.45, 7) is 2.42. The highest BCUT2D eigenvalue weighted by molar-refractivity contribution is 6.32. The summed E-state index contributed by atoms with van der Waals surface area (Å²) in [7, 11) is 0. The van der Waals surface area contributed by atoms with Gasteiger partial charge in [-0.15, -0.1) is 0 Å². The molecule has 2 aromatic carbocycles. The van der Waals surface area contributed by atoms with Crippen molar-refractivity contribution in [2.45, 2.75) is 19.5 Å². The Morgan fingerprint density at radius 2 is 1.92 bits per heavy atom. The summed E-state index contributed by atoms with van der Waals surface area (Å²) in [4.78, 5) is 2.32. The van der Waals surface area contributed by atoms with Gasteiger partial charge in [0.15, 0.2) is 5.76 Å². The predicted molar refractivity (Wildman–Crippen MR) is 94.5 cm³/mol. The fraction of sp³-hybridized carbons (Fsp3) is 0.211. The number of fused-ring (bicyclic) bond motifs is 1. The zero-order valence-electron chi connectivity index (χ0n) is 13.4. The molecule has 0 atom stereocenters. The van der Waals surface area contributed by atoms with Crippen LogP contribution in [0.1, 0.15) is 16.8 Å². The summed E-state index contributed by atoms with van der Waals surface area (Å²) in [5, 5.41) is 24.1. The molecule has 2 heterocycles. The number of phenolic OH excluding ortho intramolecular Hbond substituents is 2. The Morgan fingerprint density at radius 1 is 1.12 bits per heavy atom. The van der Waals surface area contributed by atoms with E-state index in [1.807, 2.05) is 18.2 Å². The van der Waals surface area contributed by atoms with Gasteiger partial charge >= 0.3 is 0 Å². The van der Waals surface area contributed by atoms with Crippen LogP contribution in [0.2, 0.25) is 5.02 Å². The Hall–Kier alpha value is -2.50. The number of hydrogen-bond donors (Lipinski definition) is 2. The Balaban J connectivity index is 1.65. The van der Waals surface area contributed by atoms with E-state index in [4.69, 9.17) is 16.1 Å². The molecule has 0 fully saturated rings. The maximum atomic E-state index is 10.2. The summed E-state index contributed by atoms with van der Waals surface area (Å²) < 4.78 is 5.50. The number of benzene rings is 2. The van der Waals surface area contributed by atoms with Crippen LogP contribution >= 0.6 is 11.6 Å². The maximum absolute atomic E-state index is 10.2. The van der Waals surface area contributed by atoms with Crippen LogP contribution in [-0.2, 0) is 19.5 Å². The summed E-state index contributed by atoms with van der Waals surface area (Å²) in [5.41, 5.74) is 3.56. The number of halogens is 1. The second-order valence-electron chi connectivity index (χ2n) is 6.20. The molecule has 0 saturated carbocycles. The molecule has 1 aliphatic rings. The summed E-state index contributed by atoms with van der Waals surface area (Å²) in [6, 6.07) is 13.0. The highest BCUT2D eigenvalue weighted by atomic mass is 35.5. The monoisotopic (exact) mass is 356 g/mol. The molecule has 0 aliphatic carbocycles. The zero-order valence-corrected chi connectivity index (χ0v) is 14.2. The molecule has 0 saturated heterocycles. The second-order valence-corrected chi connectivity index (χ2v) is 6.61. The molecule has 25 heavy (non-hydrogen) atoms. The van der Waals surface area contributed by atoms with Crippen LogP contribution in [0.3, 0.4) is 0 Å². The van der Waals surface area contributed by atoms with Crippen LogP contribution in [0.4, 0.5) is 0 Å². The molecule has 5 nitrogen and oxygen atoms in total. The largest absolute Gasteiger partial charge is 0.507 e. The smallest absolute Gasteiger partial charge is 0.175 e. The summed E-state index contributed by atoms with van der Waals surface area (Å²) in [5.74, 6) is 0.259. The Morgan fingerprint density at radius 3 is 2.72 bits per heavy atom. The molecule has 128 valence electrons. The molecule has 1 aromatic heterocycles. The van der Waals surface area contributed by atoms with Crippen molar-refractivity contribution in [2.24, 2.45) is 0 Å². The molecule has 3 aromatic rings. The molecular weight excluding hydrogens is 340 g/mol. The van der Waals surface area contributed by atoms with Crippen molar-refractivity contribution in [1.29, 1.82) is 0 Å². The van der Waals surface area contributed by atoms with Gasteiger partial charge in [-0.3, -0.25) is 4.90 Å². The van der Waals surface area contributed by atoms with Gasteiger partial charge < -0.3 is 14.7 Å². The first-order valence-corrected chi connectivity index (χ1v) is 8.45. The number of aromatic nitrogens is 1. The molecule has 1 aliphatic heterocycles. The van der Waals surface area contributed by atoms with Gasteiger partial charge in [-0.05, 0) is 11.6 Å². The molecule has 0 radical (unpaired) electrons. The minimum Gasteiger partial charge on any atom is -0.507 e. The van der Waals surface area contributed by atoms with Crippen molar-refractivity contribution >= 4 is 11.6 Å². The van der Waals surface area contributed by atoms with Gasteiger partial charge in [0.2, 0.25) is 0 Å². The second kappa shape index (κ2) is 6.43. The van der Waals surface area contributed by atoms with E-state index in [1.165, 1.54) is 17.7 Å². The third kappa shape index (κ3) is 3.08. The van der Waals surface area contributed by atoms with Crippen LogP contribution in [-0.4, -0.2) is 26.8 Å². The van der Waals surface area contributed by atoms with Gasteiger partial charge in [0.05, 0.1) is 16.3 Å². The van der Waals surface area contributed by atoms with Gasteiger partial charge in [0.1, 0.15) is 11.5 Å². The number of aromatic hydroxyl groups is 2. The lowest BCUT2D eigenvalue weighted by molar-refractivity contribution is 0.245. The number of phenols is 2. The maximum Gasteiger partial charge on any atom is 0.175 e. The SMILES string of the molecule is Oc1cc(O)c(-c2onc3c2CN(Cc2ccccc2)CC3)cc1Cl. The molecule has 0 amide bonds. The van der Waals surface area contributed by atoms with E-state index in [2.05, 4.69) is 22.2 Å². The summed E-state index contributed by atoms with van der Waals surface area (Å²) >= 11 is 5.99. The average molecular weight is 357 g/mol. The van der Waals surface area contributed by atoms with Gasteiger partial charge in [-0.25, -0.2) is 0 Å². The van der Waals surface area contributed by atoms with Crippen LogP contribution in [0.15, 0.2) is 47.0 Å². The van der Waals surface area contributed by atoms with Gasteiger partial charge in [-0.1, -0.05) is 47.1 Å². The van der Waals surface area contributed by atoms with Crippen LogP contribution < -0.4 is 0 Å². The van der Waals surface area contributed by atoms with E-state index in [0.29, 0.717) is 17.9 Å². The Bertz CT molecular complexity index is 909. The van der Waals surface area contributed by atoms with E-state index in [9.17, 15) is 10.2 Å². The lowest BCUT2D eigenvalue weighted by Crippen LogP contribution is -2.29. The molecule has 2 N–H and O–H groups in total. The quantitative estimate of drug-likeness (QED) is 0.743.